The van der Waals surface area contributed by atoms with E-state index in [1.165, 1.54) is 12.8 Å². The Balaban J connectivity index is 0.00000103. The fraction of sp³-hybridized carbons (Fsp3) is 0.423. The molecule has 4 nitrogen and oxygen atoms in total. The van der Waals surface area contributed by atoms with Crippen LogP contribution < -0.4 is 4.90 Å². The van der Waals surface area contributed by atoms with Crippen molar-refractivity contribution < 1.29 is 5.11 Å². The summed E-state index contributed by atoms with van der Waals surface area (Å²) in [5.41, 5.74) is 6.28. The number of aromatic nitrogens is 2. The lowest BCUT2D eigenvalue weighted by Crippen LogP contribution is -2.20. The highest BCUT2D eigenvalue weighted by Crippen LogP contribution is 2.28. The lowest BCUT2D eigenvalue weighted by atomic mass is 10.1. The van der Waals surface area contributed by atoms with Crippen LogP contribution in [0.3, 0.4) is 0 Å². The number of aryl methyl sites for hydroxylation is 2. The highest BCUT2D eigenvalue weighted by molar-refractivity contribution is 5.69. The predicted octanol–water partition coefficient (Wildman–Crippen LogP) is 6.95. The number of pyridine rings is 1. The highest BCUT2D eigenvalue weighted by atomic mass is 16.2. The third-order valence-electron chi connectivity index (χ3n) is 5.03. The SMILES string of the molecule is C=C(C)N(/C(C)=C\C)c1cc(/C(C)=C\CO)cc(-n2c(C)ccc2C)n1.CCCC. The van der Waals surface area contributed by atoms with E-state index in [1.807, 2.05) is 50.8 Å². The van der Waals surface area contributed by atoms with E-state index in [0.717, 1.165) is 45.6 Å². The Morgan fingerprint density at radius 1 is 1.10 bits per heavy atom. The number of allylic oxidation sites excluding steroid dienone is 4. The molecule has 1 N–H and O–H groups in total. The van der Waals surface area contributed by atoms with Crippen molar-refractivity contribution in [3.05, 3.63) is 71.3 Å². The summed E-state index contributed by atoms with van der Waals surface area (Å²) in [7, 11) is 0. The molecule has 0 radical (unpaired) electrons. The standard InChI is InChI=1S/C22H29N3O.C4H10/c1-8-17(5)24(15(2)3)21-13-20(16(4)11-12-26)14-22(23-21)25-18(6)9-10-19(25)7;1-3-4-2/h8-11,13-14,26H,2,12H2,1,3-7H3;3-4H2,1-2H3/b16-11-,17-8-;. The van der Waals surface area contributed by atoms with Crippen LogP contribution in [0, 0.1) is 13.8 Å². The average Bonchev–Trinajstić information content (AvgIpc) is 3.05. The zero-order valence-corrected chi connectivity index (χ0v) is 20.1. The number of hydrogen-bond donors (Lipinski definition) is 1. The molecule has 2 rings (SSSR count). The molecule has 0 aliphatic carbocycles. The number of hydrogen-bond acceptors (Lipinski definition) is 3. The molecule has 0 unspecified atom stereocenters. The maximum Gasteiger partial charge on any atom is 0.140 e. The van der Waals surface area contributed by atoms with Crippen LogP contribution in [0.25, 0.3) is 11.4 Å². The first-order valence-electron chi connectivity index (χ1n) is 10.8. The maximum atomic E-state index is 9.30. The van der Waals surface area contributed by atoms with Gasteiger partial charge in [-0.05, 0) is 76.9 Å². The number of aliphatic hydroxyl groups excluding tert-OH is 1. The molecule has 2 aromatic rings. The van der Waals surface area contributed by atoms with Crippen molar-refractivity contribution in [2.24, 2.45) is 0 Å². The Morgan fingerprint density at radius 2 is 1.67 bits per heavy atom. The first-order chi connectivity index (χ1) is 14.2. The maximum absolute atomic E-state index is 9.30. The minimum absolute atomic E-state index is 0.0124. The van der Waals surface area contributed by atoms with E-state index in [2.05, 4.69) is 57.0 Å². The minimum Gasteiger partial charge on any atom is -0.392 e. The van der Waals surface area contributed by atoms with Crippen LogP contribution in [0.4, 0.5) is 5.82 Å². The normalized spacial score (nSPS) is 11.8. The lowest BCUT2D eigenvalue weighted by molar-refractivity contribution is 0.343. The average molecular weight is 410 g/mol. The van der Waals surface area contributed by atoms with Crippen molar-refractivity contribution in [2.75, 3.05) is 11.5 Å². The van der Waals surface area contributed by atoms with Gasteiger partial charge in [-0.1, -0.05) is 45.4 Å². The van der Waals surface area contributed by atoms with Crippen LogP contribution in [-0.2, 0) is 0 Å². The predicted molar refractivity (Wildman–Crippen MR) is 131 cm³/mol. The molecule has 0 aromatic carbocycles. The first-order valence-corrected chi connectivity index (χ1v) is 10.8. The third kappa shape index (κ3) is 6.46. The summed E-state index contributed by atoms with van der Waals surface area (Å²) in [5.74, 6) is 1.68. The van der Waals surface area contributed by atoms with Crippen LogP contribution in [-0.4, -0.2) is 21.3 Å². The molecule has 0 spiro atoms. The van der Waals surface area contributed by atoms with Crippen molar-refractivity contribution in [1.29, 1.82) is 0 Å². The van der Waals surface area contributed by atoms with Crippen LogP contribution >= 0.6 is 0 Å². The van der Waals surface area contributed by atoms with E-state index in [9.17, 15) is 5.11 Å². The molecule has 0 amide bonds. The quantitative estimate of drug-likeness (QED) is 0.537. The lowest BCUT2D eigenvalue weighted by Gasteiger charge is -2.26. The number of nitrogens with zero attached hydrogens (tertiary/aromatic N) is 3. The molecule has 0 aliphatic rings. The first kappa shape index (κ1) is 25.4. The van der Waals surface area contributed by atoms with Crippen molar-refractivity contribution in [3.8, 4) is 5.82 Å². The summed E-state index contributed by atoms with van der Waals surface area (Å²) in [6, 6.07) is 8.29. The van der Waals surface area contributed by atoms with E-state index in [-0.39, 0.29) is 6.61 Å². The summed E-state index contributed by atoms with van der Waals surface area (Å²) in [6.07, 6.45) is 6.50. The van der Waals surface area contributed by atoms with Gasteiger partial charge < -0.3 is 14.6 Å². The van der Waals surface area contributed by atoms with Gasteiger partial charge in [-0.15, -0.1) is 0 Å². The Morgan fingerprint density at radius 3 is 2.10 bits per heavy atom. The van der Waals surface area contributed by atoms with Gasteiger partial charge in [0, 0.05) is 22.8 Å². The highest BCUT2D eigenvalue weighted by Gasteiger charge is 2.15. The molecule has 2 heterocycles. The second-order valence-electron chi connectivity index (χ2n) is 7.59. The van der Waals surface area contributed by atoms with E-state index in [1.54, 1.807) is 0 Å². The van der Waals surface area contributed by atoms with E-state index < -0.39 is 0 Å². The molecule has 164 valence electrons. The molecule has 2 aromatic heterocycles. The summed E-state index contributed by atoms with van der Waals surface area (Å²) >= 11 is 0. The molecule has 30 heavy (non-hydrogen) atoms. The fourth-order valence-electron chi connectivity index (χ4n) is 3.05. The topological polar surface area (TPSA) is 41.3 Å². The number of anilines is 1. The van der Waals surface area contributed by atoms with Crippen molar-refractivity contribution in [1.82, 2.24) is 9.55 Å². The molecule has 0 fully saturated rings. The van der Waals surface area contributed by atoms with Gasteiger partial charge in [0.15, 0.2) is 0 Å². The van der Waals surface area contributed by atoms with Gasteiger partial charge in [0.2, 0.25) is 0 Å². The third-order valence-corrected chi connectivity index (χ3v) is 5.03. The zero-order chi connectivity index (χ0) is 22.8. The van der Waals surface area contributed by atoms with Crippen molar-refractivity contribution in [3.63, 3.8) is 0 Å². The second kappa shape index (κ2) is 12.2. The summed E-state index contributed by atoms with van der Waals surface area (Å²) in [4.78, 5) is 6.98. The molecular weight excluding hydrogens is 370 g/mol. The molecular formula is C26H39N3O. The molecule has 0 saturated heterocycles. The van der Waals surface area contributed by atoms with Crippen molar-refractivity contribution in [2.45, 2.75) is 68.2 Å². The Hall–Kier alpha value is -2.59. The van der Waals surface area contributed by atoms with Gasteiger partial charge in [-0.3, -0.25) is 0 Å². The van der Waals surface area contributed by atoms with Gasteiger partial charge in [0.05, 0.1) is 6.61 Å². The smallest absolute Gasteiger partial charge is 0.140 e. The van der Waals surface area contributed by atoms with Gasteiger partial charge >= 0.3 is 0 Å². The van der Waals surface area contributed by atoms with Crippen molar-refractivity contribution >= 4 is 11.4 Å². The summed E-state index contributed by atoms with van der Waals surface area (Å²) in [6.45, 7) is 20.7. The zero-order valence-electron chi connectivity index (χ0n) is 20.1. The molecule has 4 heteroatoms. The number of unbranched alkanes of at least 4 members (excludes halogenated alkanes) is 1. The second-order valence-corrected chi connectivity index (χ2v) is 7.59. The summed E-state index contributed by atoms with van der Waals surface area (Å²) in [5, 5.41) is 9.30. The Labute approximate surface area is 183 Å². The van der Waals surface area contributed by atoms with E-state index >= 15 is 0 Å². The van der Waals surface area contributed by atoms with Gasteiger partial charge in [-0.25, -0.2) is 4.98 Å². The number of aliphatic hydroxyl groups is 1. The van der Waals surface area contributed by atoms with Crippen LogP contribution in [0.5, 0.6) is 0 Å². The largest absolute Gasteiger partial charge is 0.392 e. The van der Waals surface area contributed by atoms with E-state index in [0.29, 0.717) is 0 Å². The van der Waals surface area contributed by atoms with Gasteiger partial charge in [0.25, 0.3) is 0 Å². The minimum atomic E-state index is 0.0124. The van der Waals surface area contributed by atoms with Crippen LogP contribution in [0.1, 0.15) is 71.3 Å². The van der Waals surface area contributed by atoms with E-state index in [4.69, 9.17) is 4.98 Å². The van der Waals surface area contributed by atoms with Crippen LogP contribution in [0.2, 0.25) is 0 Å². The Kier molecular flexibility index (Phi) is 10.3. The summed E-state index contributed by atoms with van der Waals surface area (Å²) < 4.78 is 2.14. The van der Waals surface area contributed by atoms with Crippen LogP contribution in [0.15, 0.2) is 54.4 Å². The molecule has 0 bridgehead atoms. The van der Waals surface area contributed by atoms with Gasteiger partial charge in [0.1, 0.15) is 11.6 Å². The molecule has 0 saturated carbocycles. The van der Waals surface area contributed by atoms with Gasteiger partial charge in [-0.2, -0.15) is 0 Å². The number of rotatable bonds is 7. The fourth-order valence-corrected chi connectivity index (χ4v) is 3.05. The molecule has 0 aliphatic heterocycles. The molecule has 0 atom stereocenters. The Bertz CT molecular complexity index is 881. The monoisotopic (exact) mass is 409 g/mol.